The van der Waals surface area contributed by atoms with Crippen LogP contribution < -0.4 is 9.64 Å². The van der Waals surface area contributed by atoms with Gasteiger partial charge >= 0.3 is 5.97 Å². The van der Waals surface area contributed by atoms with E-state index >= 15 is 0 Å². The zero-order valence-electron chi connectivity index (χ0n) is 23.0. The number of carbonyl (C=O) groups excluding carboxylic acids is 3. The third-order valence-corrected chi connectivity index (χ3v) is 8.52. The Morgan fingerprint density at radius 3 is 2.56 bits per heavy atom. The number of benzene rings is 1. The molecule has 0 saturated carbocycles. The first-order valence-corrected chi connectivity index (χ1v) is 13.8. The lowest BCUT2D eigenvalue weighted by Crippen LogP contribution is -2.56. The minimum atomic E-state index is -1.18. The van der Waals surface area contributed by atoms with Gasteiger partial charge in [-0.05, 0) is 62.8 Å². The summed E-state index contributed by atoms with van der Waals surface area (Å²) in [5.74, 6) is -2.15. The number of aliphatic hydroxyl groups excluding tert-OH is 1. The lowest BCUT2D eigenvalue weighted by molar-refractivity contribution is -0.161. The van der Waals surface area contributed by atoms with Gasteiger partial charge in [0.05, 0.1) is 31.8 Å². The topological polar surface area (TPSA) is 106 Å². The minimum Gasteiger partial charge on any atom is -0.497 e. The van der Waals surface area contributed by atoms with Gasteiger partial charge in [-0.25, -0.2) is 0 Å². The molecule has 39 heavy (non-hydrogen) atoms. The molecule has 9 heteroatoms. The fraction of sp³-hybridized carbons (Fsp3) is 0.567. The molecule has 0 aromatic heterocycles. The maximum absolute atomic E-state index is 14.4. The average molecular weight is 541 g/mol. The summed E-state index contributed by atoms with van der Waals surface area (Å²) in [6.45, 7) is 9.58. The van der Waals surface area contributed by atoms with E-state index in [1.807, 2.05) is 13.0 Å². The first-order valence-electron chi connectivity index (χ1n) is 13.8. The summed E-state index contributed by atoms with van der Waals surface area (Å²) in [5, 5.41) is 9.86. The van der Waals surface area contributed by atoms with Crippen LogP contribution in [0.15, 0.2) is 49.6 Å². The van der Waals surface area contributed by atoms with Crippen LogP contribution in [0.4, 0.5) is 5.69 Å². The Morgan fingerprint density at radius 2 is 1.95 bits per heavy atom. The number of amides is 2. The molecule has 1 aromatic rings. The molecule has 3 saturated heterocycles. The van der Waals surface area contributed by atoms with Crippen LogP contribution in [-0.4, -0.2) is 78.4 Å². The van der Waals surface area contributed by atoms with E-state index in [2.05, 4.69) is 13.2 Å². The molecular weight excluding hydrogens is 500 g/mol. The number of nitrogens with zero attached hydrogens (tertiary/aromatic N) is 2. The van der Waals surface area contributed by atoms with Gasteiger partial charge in [0.15, 0.2) is 0 Å². The van der Waals surface area contributed by atoms with Gasteiger partial charge in [0.1, 0.15) is 23.3 Å². The van der Waals surface area contributed by atoms with Crippen LogP contribution in [0, 0.1) is 11.8 Å². The number of hydrogen-bond acceptors (Lipinski definition) is 7. The minimum absolute atomic E-state index is 0.0379. The number of esters is 1. The molecule has 3 aliphatic heterocycles. The molecular formula is C30H40N2O7. The normalized spacial score (nSPS) is 28.7. The second-order valence-corrected chi connectivity index (χ2v) is 10.5. The van der Waals surface area contributed by atoms with E-state index in [4.69, 9.17) is 14.2 Å². The Hall–Kier alpha value is -3.17. The zero-order chi connectivity index (χ0) is 28.2. The molecule has 3 heterocycles. The second-order valence-electron chi connectivity index (χ2n) is 10.5. The van der Waals surface area contributed by atoms with E-state index in [1.54, 1.807) is 42.4 Å². The van der Waals surface area contributed by atoms with Gasteiger partial charge in [-0.1, -0.05) is 19.1 Å². The van der Waals surface area contributed by atoms with Crippen molar-refractivity contribution in [2.45, 2.75) is 62.7 Å². The summed E-state index contributed by atoms with van der Waals surface area (Å²) in [4.78, 5) is 44.8. The molecule has 2 bridgehead atoms. The van der Waals surface area contributed by atoms with Gasteiger partial charge in [-0.2, -0.15) is 0 Å². The number of fused-ring (bicyclic) bond motifs is 1. The maximum Gasteiger partial charge on any atom is 0.312 e. The number of β-amino-alcohol motifs (C(OH)–C–C–N with tert-alkyl or cyclic N) is 1. The van der Waals surface area contributed by atoms with Crippen molar-refractivity contribution in [3.63, 3.8) is 0 Å². The maximum atomic E-state index is 14.4. The lowest BCUT2D eigenvalue weighted by Gasteiger charge is -2.36. The van der Waals surface area contributed by atoms with Gasteiger partial charge < -0.3 is 29.1 Å². The summed E-state index contributed by atoms with van der Waals surface area (Å²) < 4.78 is 17.7. The molecule has 5 atom stereocenters. The summed E-state index contributed by atoms with van der Waals surface area (Å²) in [5.41, 5.74) is -1.44. The van der Waals surface area contributed by atoms with Crippen molar-refractivity contribution in [2.75, 3.05) is 38.3 Å². The highest BCUT2D eigenvalue weighted by atomic mass is 16.6. The third-order valence-electron chi connectivity index (χ3n) is 8.52. The van der Waals surface area contributed by atoms with Gasteiger partial charge in [0, 0.05) is 18.8 Å². The molecule has 3 aliphatic rings. The molecule has 0 aliphatic carbocycles. The first-order chi connectivity index (χ1) is 18.8. The van der Waals surface area contributed by atoms with E-state index in [-0.39, 0.29) is 38.1 Å². The van der Waals surface area contributed by atoms with Crippen LogP contribution in [0.25, 0.3) is 0 Å². The predicted molar refractivity (Wildman–Crippen MR) is 146 cm³/mol. The van der Waals surface area contributed by atoms with Gasteiger partial charge in [-0.15, -0.1) is 13.2 Å². The number of hydrogen-bond donors (Lipinski definition) is 1. The molecule has 2 unspecified atom stereocenters. The molecule has 1 aromatic carbocycles. The van der Waals surface area contributed by atoms with Gasteiger partial charge in [0.25, 0.3) is 5.91 Å². The summed E-state index contributed by atoms with van der Waals surface area (Å²) in [6.07, 6.45) is 7.37. The number of aliphatic hydroxyl groups is 1. The largest absolute Gasteiger partial charge is 0.497 e. The highest BCUT2D eigenvalue weighted by Gasteiger charge is 2.79. The Balaban J connectivity index is 1.69. The number of allylic oxidation sites excluding steroid dienone is 1. The van der Waals surface area contributed by atoms with Crippen molar-refractivity contribution < 1.29 is 33.7 Å². The molecule has 0 radical (unpaired) electrons. The van der Waals surface area contributed by atoms with E-state index in [1.165, 1.54) is 4.90 Å². The zero-order valence-corrected chi connectivity index (χ0v) is 23.0. The van der Waals surface area contributed by atoms with E-state index < -0.39 is 35.0 Å². The summed E-state index contributed by atoms with van der Waals surface area (Å²) >= 11 is 0. The predicted octanol–water partition coefficient (Wildman–Crippen LogP) is 3.26. The number of likely N-dealkylation sites (tertiary alicyclic amines) is 1. The fourth-order valence-corrected chi connectivity index (χ4v) is 6.72. The monoisotopic (exact) mass is 540 g/mol. The molecule has 9 nitrogen and oxygen atoms in total. The van der Waals surface area contributed by atoms with Crippen molar-refractivity contribution in [3.05, 3.63) is 49.6 Å². The Labute approximate surface area is 230 Å². The third kappa shape index (κ3) is 4.87. The van der Waals surface area contributed by atoms with E-state index in [9.17, 15) is 19.5 Å². The second kappa shape index (κ2) is 11.9. The summed E-state index contributed by atoms with van der Waals surface area (Å²) in [6, 6.07) is 6.07. The van der Waals surface area contributed by atoms with Crippen molar-refractivity contribution >= 4 is 23.5 Å². The van der Waals surface area contributed by atoms with E-state index in [0.717, 1.165) is 12.8 Å². The number of anilines is 1. The fourth-order valence-electron chi connectivity index (χ4n) is 6.72. The molecule has 1 N–H and O–H groups in total. The molecule has 212 valence electrons. The first kappa shape index (κ1) is 28.8. The number of ether oxygens (including phenoxy) is 3. The smallest absolute Gasteiger partial charge is 0.312 e. The molecule has 3 fully saturated rings. The SMILES string of the molecule is C=CCCCCOC(=O)[C@H]1[C@H]2C(=O)N(CCO)C(C(=O)N(CC=C)c3ccc(OC)cc3)C23CC[C@]1(CC)O3. The average Bonchev–Trinajstić information content (AvgIpc) is 3.55. The van der Waals surface area contributed by atoms with Crippen LogP contribution >= 0.6 is 0 Å². The Bertz CT molecular complexity index is 1090. The molecule has 2 amide bonds. The van der Waals surface area contributed by atoms with Crippen LogP contribution in [0.1, 0.15) is 45.4 Å². The number of carbonyl (C=O) groups is 3. The van der Waals surface area contributed by atoms with Crippen molar-refractivity contribution in [3.8, 4) is 5.75 Å². The van der Waals surface area contributed by atoms with Crippen LogP contribution in [-0.2, 0) is 23.9 Å². The Morgan fingerprint density at radius 1 is 1.21 bits per heavy atom. The quantitative estimate of drug-likeness (QED) is 0.219. The van der Waals surface area contributed by atoms with Gasteiger partial charge in [-0.3, -0.25) is 14.4 Å². The number of rotatable bonds is 14. The highest BCUT2D eigenvalue weighted by Crippen LogP contribution is 2.64. The van der Waals surface area contributed by atoms with Crippen LogP contribution in [0.3, 0.4) is 0 Å². The van der Waals surface area contributed by atoms with Crippen LogP contribution in [0.5, 0.6) is 5.75 Å². The molecule has 1 spiro atoms. The Kier molecular flexibility index (Phi) is 8.81. The number of methoxy groups -OCH3 is 1. The van der Waals surface area contributed by atoms with Crippen molar-refractivity contribution in [1.82, 2.24) is 4.90 Å². The van der Waals surface area contributed by atoms with Gasteiger partial charge in [0.2, 0.25) is 5.91 Å². The number of unbranched alkanes of at least 4 members (excludes halogenated alkanes) is 2. The summed E-state index contributed by atoms with van der Waals surface area (Å²) in [7, 11) is 1.57. The lowest BCUT2D eigenvalue weighted by atomic mass is 9.65. The molecule has 4 rings (SSSR count). The van der Waals surface area contributed by atoms with Crippen molar-refractivity contribution in [2.24, 2.45) is 11.8 Å². The highest BCUT2D eigenvalue weighted by molar-refractivity contribution is 6.04. The van der Waals surface area contributed by atoms with Crippen molar-refractivity contribution in [1.29, 1.82) is 0 Å². The van der Waals surface area contributed by atoms with Crippen LogP contribution in [0.2, 0.25) is 0 Å². The standard InChI is InChI=1S/C30H40N2O7/c1-5-8-9-10-20-38-28(36)24-23-26(34)32(18-19-33)25(30(23)16-15-29(24,7-3)39-30)27(35)31(17-6-2)21-11-13-22(37-4)14-12-21/h5-6,11-14,23-25,33H,1-2,7-10,15-20H2,3-4H3/t23-,24+,25?,29-,30?/m0/s1. The van der Waals surface area contributed by atoms with E-state index in [0.29, 0.717) is 37.1 Å².